The molecule has 2 aromatic rings. The summed E-state index contributed by atoms with van der Waals surface area (Å²) in [5, 5.41) is 11.2. The third-order valence-corrected chi connectivity index (χ3v) is 8.02. The number of carbonyl (C=O) groups is 1. The van der Waals surface area contributed by atoms with Gasteiger partial charge in [-0.3, -0.25) is 14.9 Å². The Kier molecular flexibility index (Phi) is 5.28. The van der Waals surface area contributed by atoms with Crippen LogP contribution in [-0.2, 0) is 10.3 Å². The van der Waals surface area contributed by atoms with Crippen LogP contribution < -0.4 is 4.90 Å². The van der Waals surface area contributed by atoms with Gasteiger partial charge >= 0.3 is 0 Å². The molecule has 0 N–H and O–H groups in total. The first-order valence-corrected chi connectivity index (χ1v) is 11.1. The number of hydrogen-bond donors (Lipinski definition) is 0. The Balaban J connectivity index is 2.17. The number of carbonyl (C=O) groups excluding carboxylic acids is 1. The van der Waals surface area contributed by atoms with E-state index < -0.39 is 10.5 Å². The molecule has 0 saturated heterocycles. The number of nitro benzene ring substituents is 1. The zero-order valence-electron chi connectivity index (χ0n) is 14.9. The molecule has 1 amide bonds. The highest BCUT2D eigenvalue weighted by atomic mass is 32.9. The fraction of sp³-hybridized carbons (Fsp3) is 0.444. The van der Waals surface area contributed by atoms with E-state index in [0.717, 1.165) is 33.5 Å². The minimum atomic E-state index is -0.528. The maximum atomic E-state index is 13.1. The van der Waals surface area contributed by atoms with E-state index in [0.29, 0.717) is 17.7 Å². The number of benzene rings is 1. The maximum Gasteiger partial charge on any atom is 0.270 e. The summed E-state index contributed by atoms with van der Waals surface area (Å²) >= 11 is 5.51. The van der Waals surface area contributed by atoms with Gasteiger partial charge in [-0.1, -0.05) is 52.7 Å². The molecule has 1 aliphatic heterocycles. The summed E-state index contributed by atoms with van der Waals surface area (Å²) in [6.07, 6.45) is 3.38. The number of anilines is 1. The molecular weight excluding hydrogens is 388 g/mol. The molecule has 5 nitrogen and oxygen atoms in total. The van der Waals surface area contributed by atoms with Crippen molar-refractivity contribution in [3.05, 3.63) is 37.0 Å². The van der Waals surface area contributed by atoms with Crippen molar-refractivity contribution in [3.63, 3.8) is 0 Å². The SMILES string of the molecule is CCCCCC(=O)N1c2ccc([N+](=O)[O-])cc2-c2c(ssc2=S)C1(C)C. The van der Waals surface area contributed by atoms with Gasteiger partial charge in [-0.2, -0.15) is 0 Å². The number of rotatable bonds is 5. The van der Waals surface area contributed by atoms with E-state index in [1.165, 1.54) is 16.4 Å². The molecule has 3 rings (SSSR count). The van der Waals surface area contributed by atoms with Crippen LogP contribution >= 0.6 is 32.9 Å². The van der Waals surface area contributed by atoms with Crippen molar-refractivity contribution in [2.45, 2.75) is 52.0 Å². The monoisotopic (exact) mass is 408 g/mol. The summed E-state index contributed by atoms with van der Waals surface area (Å²) in [5.74, 6) is 0.0496. The minimum absolute atomic E-state index is 0.0124. The van der Waals surface area contributed by atoms with Crippen molar-refractivity contribution < 1.29 is 9.72 Å². The van der Waals surface area contributed by atoms with Crippen molar-refractivity contribution in [2.75, 3.05) is 4.90 Å². The standard InChI is InChI=1S/C18H20N2O3S3/c1-4-5-6-7-14(21)19-13-9-8-11(20(22)23)10-12(13)15-16(18(19,2)3)25-26-17(15)24/h8-10H,4-7H2,1-3H3. The van der Waals surface area contributed by atoms with E-state index in [2.05, 4.69) is 6.92 Å². The largest absolute Gasteiger partial charge is 0.301 e. The van der Waals surface area contributed by atoms with Gasteiger partial charge in [-0.15, -0.1) is 0 Å². The van der Waals surface area contributed by atoms with Gasteiger partial charge in [0.05, 0.1) is 21.0 Å². The first kappa shape index (κ1) is 19.1. The van der Waals surface area contributed by atoms with Gasteiger partial charge in [-0.05, 0) is 26.3 Å². The summed E-state index contributed by atoms with van der Waals surface area (Å²) in [7, 11) is 3.04. The lowest BCUT2D eigenvalue weighted by molar-refractivity contribution is -0.384. The van der Waals surface area contributed by atoms with Crippen LogP contribution in [0.25, 0.3) is 11.1 Å². The van der Waals surface area contributed by atoms with Crippen LogP contribution in [0.2, 0.25) is 0 Å². The Morgan fingerprint density at radius 2 is 2.04 bits per heavy atom. The van der Waals surface area contributed by atoms with E-state index >= 15 is 0 Å². The normalized spacial score (nSPS) is 14.7. The second-order valence-electron chi connectivity index (χ2n) is 6.86. The number of nitrogens with zero attached hydrogens (tertiary/aromatic N) is 2. The van der Waals surface area contributed by atoms with E-state index in [1.54, 1.807) is 22.5 Å². The highest BCUT2D eigenvalue weighted by Gasteiger charge is 2.43. The number of fused-ring (bicyclic) bond motifs is 3. The zero-order chi connectivity index (χ0) is 19.1. The topological polar surface area (TPSA) is 63.5 Å². The van der Waals surface area contributed by atoms with Gasteiger partial charge in [0.15, 0.2) is 0 Å². The van der Waals surface area contributed by atoms with E-state index in [9.17, 15) is 14.9 Å². The molecule has 1 aromatic carbocycles. The molecule has 0 radical (unpaired) electrons. The molecule has 1 aromatic heterocycles. The molecule has 0 bridgehead atoms. The minimum Gasteiger partial charge on any atom is -0.301 e. The second-order valence-corrected chi connectivity index (χ2v) is 9.68. The molecular formula is C18H20N2O3S3. The predicted octanol–water partition coefficient (Wildman–Crippen LogP) is 6.28. The van der Waals surface area contributed by atoms with Gasteiger partial charge in [0.1, 0.15) is 3.82 Å². The van der Waals surface area contributed by atoms with Gasteiger partial charge in [0.2, 0.25) is 5.91 Å². The highest BCUT2D eigenvalue weighted by molar-refractivity contribution is 7.80. The van der Waals surface area contributed by atoms with Crippen molar-refractivity contribution in [3.8, 4) is 11.1 Å². The molecule has 0 fully saturated rings. The van der Waals surface area contributed by atoms with Crippen LogP contribution in [0.5, 0.6) is 0 Å². The molecule has 0 saturated carbocycles. The second kappa shape index (κ2) is 7.17. The van der Waals surface area contributed by atoms with Crippen LogP contribution in [0.4, 0.5) is 11.4 Å². The van der Waals surface area contributed by atoms with Crippen molar-refractivity contribution in [1.29, 1.82) is 0 Å². The Hall–Kier alpha value is -1.64. The highest BCUT2D eigenvalue weighted by Crippen LogP contribution is 2.52. The van der Waals surface area contributed by atoms with Gasteiger partial charge in [-0.25, -0.2) is 0 Å². The zero-order valence-corrected chi connectivity index (χ0v) is 17.4. The lowest BCUT2D eigenvalue weighted by atomic mass is 9.87. The Labute approximate surface area is 164 Å². The number of non-ortho nitro benzene ring substituents is 1. The average molecular weight is 409 g/mol. The fourth-order valence-electron chi connectivity index (χ4n) is 3.42. The lowest BCUT2D eigenvalue weighted by Crippen LogP contribution is -2.47. The summed E-state index contributed by atoms with van der Waals surface area (Å²) in [5.41, 5.74) is 1.76. The molecule has 0 spiro atoms. The third kappa shape index (κ3) is 3.10. The molecule has 0 unspecified atom stereocenters. The quantitative estimate of drug-likeness (QED) is 0.192. The molecule has 8 heteroatoms. The van der Waals surface area contributed by atoms with Gasteiger partial charge in [0, 0.05) is 29.7 Å². The van der Waals surface area contributed by atoms with E-state index in [4.69, 9.17) is 12.2 Å². The van der Waals surface area contributed by atoms with E-state index in [-0.39, 0.29) is 11.6 Å². The predicted molar refractivity (Wildman–Crippen MR) is 110 cm³/mol. The van der Waals surface area contributed by atoms with Crippen LogP contribution in [0.15, 0.2) is 18.2 Å². The van der Waals surface area contributed by atoms with Crippen molar-refractivity contribution >= 4 is 50.2 Å². The van der Waals surface area contributed by atoms with Crippen molar-refractivity contribution in [2.24, 2.45) is 0 Å². The first-order valence-electron chi connectivity index (χ1n) is 8.54. The van der Waals surface area contributed by atoms with Gasteiger partial charge in [0.25, 0.3) is 5.69 Å². The third-order valence-electron chi connectivity index (χ3n) is 4.69. The smallest absolute Gasteiger partial charge is 0.270 e. The Morgan fingerprint density at radius 3 is 2.69 bits per heavy atom. The van der Waals surface area contributed by atoms with Crippen LogP contribution in [0.3, 0.4) is 0 Å². The number of hydrogen-bond acceptors (Lipinski definition) is 6. The number of amides is 1. The summed E-state index contributed by atoms with van der Waals surface area (Å²) in [6.45, 7) is 6.14. The molecule has 0 aliphatic carbocycles. The average Bonchev–Trinajstić information content (AvgIpc) is 2.97. The Bertz CT molecular complexity index is 930. The summed E-state index contributed by atoms with van der Waals surface area (Å²) in [6, 6.07) is 4.70. The van der Waals surface area contributed by atoms with Crippen LogP contribution in [0.1, 0.15) is 51.3 Å². The number of unbranched alkanes of at least 4 members (excludes halogenated alkanes) is 2. The summed E-state index contributed by atoms with van der Waals surface area (Å²) in [4.78, 5) is 26.7. The van der Waals surface area contributed by atoms with Crippen LogP contribution in [0, 0.1) is 13.9 Å². The van der Waals surface area contributed by atoms with Crippen LogP contribution in [-0.4, -0.2) is 10.8 Å². The lowest BCUT2D eigenvalue weighted by Gasteiger charge is -2.43. The first-order chi connectivity index (χ1) is 12.3. The number of nitro groups is 1. The molecule has 0 atom stereocenters. The van der Waals surface area contributed by atoms with Crippen molar-refractivity contribution in [1.82, 2.24) is 0 Å². The molecule has 26 heavy (non-hydrogen) atoms. The van der Waals surface area contributed by atoms with Gasteiger partial charge < -0.3 is 4.90 Å². The maximum absolute atomic E-state index is 13.1. The molecule has 138 valence electrons. The summed E-state index contributed by atoms with van der Waals surface area (Å²) < 4.78 is 0.720. The van der Waals surface area contributed by atoms with E-state index in [1.807, 2.05) is 18.7 Å². The fourth-order valence-corrected chi connectivity index (χ4v) is 6.70. The molecule has 2 heterocycles. The molecule has 1 aliphatic rings. The Morgan fingerprint density at radius 1 is 1.31 bits per heavy atom.